The van der Waals surface area contributed by atoms with E-state index in [0.717, 1.165) is 62.3 Å². The lowest BCUT2D eigenvalue weighted by molar-refractivity contribution is -0.141. The molecular formula is C40H45F3N8O5. The van der Waals surface area contributed by atoms with Gasteiger partial charge < -0.3 is 24.7 Å². The Morgan fingerprint density at radius 1 is 0.929 bits per heavy atom. The number of imide groups is 1. The predicted molar refractivity (Wildman–Crippen MR) is 201 cm³/mol. The highest BCUT2D eigenvalue weighted by Gasteiger charge is 2.33. The van der Waals surface area contributed by atoms with Gasteiger partial charge in [0.1, 0.15) is 34.5 Å². The Labute approximate surface area is 322 Å². The largest absolute Gasteiger partial charge is 0.489 e. The number of nitrogens with zero attached hydrogens (tertiary/aromatic N) is 5. The molecule has 3 aliphatic heterocycles. The summed E-state index contributed by atoms with van der Waals surface area (Å²) in [6.07, 6.45) is 2.66. The summed E-state index contributed by atoms with van der Waals surface area (Å²) < 4.78 is 47.4. The number of hydrogen-bond acceptors (Lipinski definition) is 9. The van der Waals surface area contributed by atoms with Crippen LogP contribution in [0, 0.1) is 0 Å². The summed E-state index contributed by atoms with van der Waals surface area (Å²) in [5, 5.41) is 8.32. The van der Waals surface area contributed by atoms with E-state index in [1.54, 1.807) is 16.7 Å². The average molecular weight is 775 g/mol. The molecule has 0 spiro atoms. The van der Waals surface area contributed by atoms with E-state index in [2.05, 4.69) is 38.0 Å². The van der Waals surface area contributed by atoms with Crippen molar-refractivity contribution in [3.8, 4) is 5.75 Å². The van der Waals surface area contributed by atoms with Gasteiger partial charge in [-0.2, -0.15) is 13.2 Å². The summed E-state index contributed by atoms with van der Waals surface area (Å²) in [5.41, 5.74) is 2.21. The molecule has 3 fully saturated rings. The second-order valence-corrected chi connectivity index (χ2v) is 15.0. The van der Waals surface area contributed by atoms with Gasteiger partial charge in [-0.25, -0.2) is 9.97 Å². The number of alkyl halides is 3. The van der Waals surface area contributed by atoms with E-state index in [9.17, 15) is 32.3 Å². The molecule has 4 aromatic rings. The quantitative estimate of drug-likeness (QED) is 0.175. The van der Waals surface area contributed by atoms with Crippen LogP contribution in [0.5, 0.6) is 5.75 Å². The van der Waals surface area contributed by atoms with Gasteiger partial charge in [0, 0.05) is 49.6 Å². The van der Waals surface area contributed by atoms with E-state index in [1.807, 2.05) is 37.1 Å². The molecule has 0 bridgehead atoms. The van der Waals surface area contributed by atoms with Gasteiger partial charge in [-0.05, 0) is 94.8 Å². The second-order valence-electron chi connectivity index (χ2n) is 15.0. The zero-order valence-electron chi connectivity index (χ0n) is 31.3. The number of fused-ring (bicyclic) bond motifs is 1. The maximum atomic E-state index is 13.4. The van der Waals surface area contributed by atoms with E-state index in [1.165, 1.54) is 11.6 Å². The van der Waals surface area contributed by atoms with Gasteiger partial charge in [-0.1, -0.05) is 18.2 Å². The molecule has 56 heavy (non-hydrogen) atoms. The van der Waals surface area contributed by atoms with Gasteiger partial charge in [0.2, 0.25) is 17.7 Å². The lowest BCUT2D eigenvalue weighted by Crippen LogP contribution is -2.47. The van der Waals surface area contributed by atoms with Crippen LogP contribution >= 0.6 is 0 Å². The highest BCUT2D eigenvalue weighted by molar-refractivity contribution is 6.04. The maximum absolute atomic E-state index is 13.4. The molecule has 1 atom stereocenters. The minimum absolute atomic E-state index is 0.108. The smallest absolute Gasteiger partial charge is 0.433 e. The molecule has 16 heteroatoms. The highest BCUT2D eigenvalue weighted by atomic mass is 19.4. The SMILES string of the molecule is CC(C)Oc1cc2nc(C3CCN(C(=O)CN4CCC(c5cccc(NC6CCC(=O)NC6=O)c5)CC4)CC3)cn2cc1NC(=O)c1cccc(C(F)(F)F)n1. The Morgan fingerprint density at radius 2 is 1.66 bits per heavy atom. The van der Waals surface area contributed by atoms with Crippen molar-refractivity contribution in [2.75, 3.05) is 43.4 Å². The number of halogens is 3. The molecule has 1 unspecified atom stereocenters. The van der Waals surface area contributed by atoms with E-state index < -0.39 is 23.8 Å². The molecule has 1 aromatic carbocycles. The Kier molecular flexibility index (Phi) is 11.3. The topological polar surface area (TPSA) is 150 Å². The van der Waals surface area contributed by atoms with Gasteiger partial charge in [0.15, 0.2) is 0 Å². The Morgan fingerprint density at radius 3 is 2.38 bits per heavy atom. The summed E-state index contributed by atoms with van der Waals surface area (Å²) in [4.78, 5) is 62.6. The van der Waals surface area contributed by atoms with Crippen LogP contribution in [-0.4, -0.2) is 92.7 Å². The van der Waals surface area contributed by atoms with Crippen molar-refractivity contribution in [3.05, 3.63) is 83.6 Å². The van der Waals surface area contributed by atoms with Crippen LogP contribution in [0.15, 0.2) is 60.9 Å². The van der Waals surface area contributed by atoms with E-state index in [-0.39, 0.29) is 41.1 Å². The van der Waals surface area contributed by atoms with Crippen LogP contribution in [0.4, 0.5) is 24.5 Å². The summed E-state index contributed by atoms with van der Waals surface area (Å²) in [7, 11) is 0. The fraction of sp³-hybridized carbons (Fsp3) is 0.450. The molecule has 3 saturated heterocycles. The molecule has 296 valence electrons. The molecular weight excluding hydrogens is 729 g/mol. The molecule has 3 aromatic heterocycles. The van der Waals surface area contributed by atoms with Gasteiger partial charge in [0.05, 0.1) is 18.3 Å². The number of nitrogens with one attached hydrogen (secondary N) is 3. The molecule has 0 aliphatic carbocycles. The Hall–Kier alpha value is -5.51. The third-order valence-corrected chi connectivity index (χ3v) is 10.6. The van der Waals surface area contributed by atoms with Gasteiger partial charge >= 0.3 is 6.18 Å². The number of ether oxygens (including phenoxy) is 1. The predicted octanol–water partition coefficient (Wildman–Crippen LogP) is 5.59. The molecule has 3 N–H and O–H groups in total. The molecule has 4 amide bonds. The molecule has 7 rings (SSSR count). The molecule has 6 heterocycles. The summed E-state index contributed by atoms with van der Waals surface area (Å²) in [6, 6.07) is 12.5. The van der Waals surface area contributed by atoms with Crippen molar-refractivity contribution in [1.29, 1.82) is 0 Å². The summed E-state index contributed by atoms with van der Waals surface area (Å²) in [6.45, 7) is 6.84. The monoisotopic (exact) mass is 774 g/mol. The number of anilines is 2. The number of rotatable bonds is 10. The van der Waals surface area contributed by atoms with Crippen LogP contribution in [-0.2, 0) is 20.6 Å². The number of pyridine rings is 2. The van der Waals surface area contributed by atoms with Crippen molar-refractivity contribution in [2.24, 2.45) is 0 Å². The van der Waals surface area contributed by atoms with E-state index in [0.29, 0.717) is 49.8 Å². The number of amides is 4. The maximum Gasteiger partial charge on any atom is 0.433 e. The van der Waals surface area contributed by atoms with Crippen molar-refractivity contribution in [2.45, 2.75) is 82.5 Å². The number of carbonyl (C=O) groups excluding carboxylic acids is 4. The van der Waals surface area contributed by atoms with Gasteiger partial charge in [-0.15, -0.1) is 0 Å². The van der Waals surface area contributed by atoms with Crippen LogP contribution in [0.1, 0.15) is 91.6 Å². The average Bonchev–Trinajstić information content (AvgIpc) is 3.59. The number of hydrogen-bond donors (Lipinski definition) is 3. The Bertz CT molecular complexity index is 2100. The van der Waals surface area contributed by atoms with Gasteiger partial charge in [0.25, 0.3) is 5.91 Å². The van der Waals surface area contributed by atoms with Crippen LogP contribution < -0.4 is 20.7 Å². The van der Waals surface area contributed by atoms with Gasteiger partial charge in [-0.3, -0.25) is 29.4 Å². The first-order valence-electron chi connectivity index (χ1n) is 19.0. The van der Waals surface area contributed by atoms with E-state index >= 15 is 0 Å². The second kappa shape index (κ2) is 16.3. The molecule has 0 radical (unpaired) electrons. The number of piperidine rings is 3. The number of benzene rings is 1. The highest BCUT2D eigenvalue weighted by Crippen LogP contribution is 2.34. The van der Waals surface area contributed by atoms with E-state index in [4.69, 9.17) is 9.72 Å². The molecule has 0 saturated carbocycles. The lowest BCUT2D eigenvalue weighted by atomic mass is 9.89. The summed E-state index contributed by atoms with van der Waals surface area (Å²) >= 11 is 0. The fourth-order valence-corrected chi connectivity index (χ4v) is 7.64. The third kappa shape index (κ3) is 9.12. The van der Waals surface area contributed by atoms with Crippen molar-refractivity contribution in [3.63, 3.8) is 0 Å². The fourth-order valence-electron chi connectivity index (χ4n) is 7.64. The zero-order chi connectivity index (χ0) is 39.6. The third-order valence-electron chi connectivity index (χ3n) is 10.6. The first-order chi connectivity index (χ1) is 26.8. The normalized spacial score (nSPS) is 19.0. The van der Waals surface area contributed by atoms with Crippen molar-refractivity contribution in [1.82, 2.24) is 29.5 Å². The number of likely N-dealkylation sites (tertiary alicyclic amines) is 2. The lowest BCUT2D eigenvalue weighted by Gasteiger charge is -2.35. The number of imidazole rings is 1. The minimum atomic E-state index is -4.69. The van der Waals surface area contributed by atoms with Crippen LogP contribution in [0.3, 0.4) is 0 Å². The minimum Gasteiger partial charge on any atom is -0.489 e. The first-order valence-corrected chi connectivity index (χ1v) is 19.0. The Balaban J connectivity index is 0.920. The van der Waals surface area contributed by atoms with Crippen molar-refractivity contribution < 1.29 is 37.1 Å². The van der Waals surface area contributed by atoms with Crippen LogP contribution in [0.25, 0.3) is 5.65 Å². The summed E-state index contributed by atoms with van der Waals surface area (Å²) in [5.74, 6) is -0.456. The molecule has 13 nitrogen and oxygen atoms in total. The van der Waals surface area contributed by atoms with Crippen molar-refractivity contribution >= 4 is 40.7 Å². The zero-order valence-corrected chi connectivity index (χ0v) is 31.3. The number of aromatic nitrogens is 3. The number of carbonyl (C=O) groups is 4. The first kappa shape index (κ1) is 38.8. The standard InChI is InChI=1S/C40H45F3N8O5/c1-24(2)56-33-20-35-46-31(21-51(35)22-32(33)47-38(54)29-7-4-8-34(45-29)40(41,42)43)26-13-17-50(18-14-26)37(53)23-49-15-11-25(12-16-49)27-5-3-6-28(19-27)44-30-9-10-36(52)48-39(30)55/h3-8,19-22,24-26,30,44H,9-18,23H2,1-2H3,(H,47,54)(H,48,52,55). The molecule has 3 aliphatic rings. The van der Waals surface area contributed by atoms with Crippen LogP contribution in [0.2, 0.25) is 0 Å².